The van der Waals surface area contributed by atoms with Crippen molar-refractivity contribution in [3.05, 3.63) is 35.9 Å². The summed E-state index contributed by atoms with van der Waals surface area (Å²) in [6, 6.07) is 2.09. The molecule has 7 heteroatoms. The summed E-state index contributed by atoms with van der Waals surface area (Å²) in [6.45, 7) is 4.73. The maximum absolute atomic E-state index is 11.7. The highest BCUT2D eigenvalue weighted by atomic mass is 16.5. The Hall–Kier alpha value is -2.83. The molecule has 20 heavy (non-hydrogen) atoms. The van der Waals surface area contributed by atoms with E-state index < -0.39 is 34.8 Å². The molecule has 2 N–H and O–H groups in total. The number of aromatic carboxylic acids is 1. The Morgan fingerprint density at radius 2 is 2.00 bits per heavy atom. The third-order valence-corrected chi connectivity index (χ3v) is 2.23. The van der Waals surface area contributed by atoms with Gasteiger partial charge in [-0.15, -0.1) is 0 Å². The number of carbonyl (C=O) groups excluding carboxylic acids is 2. The van der Waals surface area contributed by atoms with E-state index in [1.54, 1.807) is 0 Å². The summed E-state index contributed by atoms with van der Waals surface area (Å²) >= 11 is 0. The molecule has 0 atom stereocenters. The smallest absolute Gasteiger partial charge is 0.345 e. The first-order valence-corrected chi connectivity index (χ1v) is 5.53. The fourth-order valence-electron chi connectivity index (χ4n) is 1.38. The van der Waals surface area contributed by atoms with Crippen molar-refractivity contribution in [1.82, 2.24) is 0 Å². The number of carboxylic acid groups (broad SMARTS) is 1. The quantitative estimate of drug-likeness (QED) is 0.476. The number of carbonyl (C=O) groups is 3. The summed E-state index contributed by atoms with van der Waals surface area (Å²) < 4.78 is 9.46. The summed E-state index contributed by atoms with van der Waals surface area (Å²) in [7, 11) is 0. The van der Waals surface area contributed by atoms with Gasteiger partial charge in [-0.25, -0.2) is 14.4 Å². The summed E-state index contributed by atoms with van der Waals surface area (Å²) in [6.07, 6.45) is 0.858. The minimum Gasteiger partial charge on any atom is -0.506 e. The largest absolute Gasteiger partial charge is 0.506 e. The second-order valence-corrected chi connectivity index (χ2v) is 3.49. The maximum Gasteiger partial charge on any atom is 0.345 e. The van der Waals surface area contributed by atoms with Gasteiger partial charge >= 0.3 is 17.9 Å². The Morgan fingerprint density at radius 3 is 2.50 bits per heavy atom. The summed E-state index contributed by atoms with van der Waals surface area (Å²) in [5.74, 6) is -4.44. The SMILES string of the molecule is C=CC(=O)Oc1ccc(C(=O)O)c(O)c1C(=O)OCC. The fraction of sp³-hybridized carbons (Fsp3) is 0.154. The summed E-state index contributed by atoms with van der Waals surface area (Å²) in [5, 5.41) is 18.7. The molecule has 0 spiro atoms. The van der Waals surface area contributed by atoms with Crippen LogP contribution in [-0.4, -0.2) is 34.7 Å². The fourth-order valence-corrected chi connectivity index (χ4v) is 1.38. The zero-order chi connectivity index (χ0) is 15.3. The highest BCUT2D eigenvalue weighted by molar-refractivity contribution is 6.02. The van der Waals surface area contributed by atoms with E-state index >= 15 is 0 Å². The van der Waals surface area contributed by atoms with Crippen LogP contribution in [0.25, 0.3) is 0 Å². The van der Waals surface area contributed by atoms with Gasteiger partial charge in [0.2, 0.25) is 0 Å². The van der Waals surface area contributed by atoms with Crippen molar-refractivity contribution < 1.29 is 34.1 Å². The lowest BCUT2D eigenvalue weighted by Gasteiger charge is -2.11. The Kier molecular flexibility index (Phi) is 4.85. The van der Waals surface area contributed by atoms with Crippen LogP contribution in [-0.2, 0) is 9.53 Å². The number of benzene rings is 1. The van der Waals surface area contributed by atoms with Crippen LogP contribution in [0, 0.1) is 0 Å². The molecule has 0 bridgehead atoms. The Balaban J connectivity index is 3.40. The van der Waals surface area contributed by atoms with Crippen LogP contribution in [0.3, 0.4) is 0 Å². The Morgan fingerprint density at radius 1 is 1.35 bits per heavy atom. The molecule has 1 rings (SSSR count). The molecule has 0 aliphatic carbocycles. The number of esters is 2. The molecule has 0 aromatic heterocycles. The van der Waals surface area contributed by atoms with Crippen molar-refractivity contribution in [2.24, 2.45) is 0 Å². The first-order chi connectivity index (χ1) is 9.42. The van der Waals surface area contributed by atoms with Gasteiger partial charge in [0.05, 0.1) is 6.61 Å². The molecule has 0 unspecified atom stereocenters. The van der Waals surface area contributed by atoms with Gasteiger partial charge in [-0.05, 0) is 19.1 Å². The lowest BCUT2D eigenvalue weighted by atomic mass is 10.1. The standard InChI is InChI=1S/C13H12O7/c1-3-9(14)20-8-6-5-7(12(16)17)11(15)10(8)13(18)19-4-2/h3,5-6,15H,1,4H2,2H3,(H,16,17). The zero-order valence-electron chi connectivity index (χ0n) is 10.6. The topological polar surface area (TPSA) is 110 Å². The number of hydrogen-bond donors (Lipinski definition) is 2. The van der Waals surface area contributed by atoms with Gasteiger partial charge in [0.15, 0.2) is 0 Å². The van der Waals surface area contributed by atoms with E-state index in [4.69, 9.17) is 14.6 Å². The van der Waals surface area contributed by atoms with Crippen LogP contribution in [0.1, 0.15) is 27.6 Å². The van der Waals surface area contributed by atoms with Gasteiger partial charge in [-0.3, -0.25) is 0 Å². The third-order valence-electron chi connectivity index (χ3n) is 2.23. The number of ether oxygens (including phenoxy) is 2. The van der Waals surface area contributed by atoms with Crippen molar-refractivity contribution in [3.8, 4) is 11.5 Å². The van der Waals surface area contributed by atoms with Crippen LogP contribution in [0.15, 0.2) is 24.8 Å². The molecule has 0 amide bonds. The predicted octanol–water partition coefficient (Wildman–Crippen LogP) is 1.36. The second kappa shape index (κ2) is 6.37. The van der Waals surface area contributed by atoms with E-state index in [2.05, 4.69) is 6.58 Å². The molecule has 0 saturated heterocycles. The van der Waals surface area contributed by atoms with Crippen LogP contribution in [0.4, 0.5) is 0 Å². The van der Waals surface area contributed by atoms with E-state index in [1.807, 2.05) is 0 Å². The molecule has 106 valence electrons. The molecular weight excluding hydrogens is 268 g/mol. The van der Waals surface area contributed by atoms with Crippen molar-refractivity contribution in [2.45, 2.75) is 6.92 Å². The highest BCUT2D eigenvalue weighted by Gasteiger charge is 2.25. The first kappa shape index (κ1) is 15.2. The van der Waals surface area contributed by atoms with E-state index in [0.29, 0.717) is 0 Å². The zero-order valence-corrected chi connectivity index (χ0v) is 10.6. The van der Waals surface area contributed by atoms with Crippen molar-refractivity contribution in [3.63, 3.8) is 0 Å². The van der Waals surface area contributed by atoms with Crippen LogP contribution in [0.2, 0.25) is 0 Å². The highest BCUT2D eigenvalue weighted by Crippen LogP contribution is 2.32. The van der Waals surface area contributed by atoms with E-state index in [-0.39, 0.29) is 12.4 Å². The minimum atomic E-state index is -1.44. The minimum absolute atomic E-state index is 0.00438. The number of rotatable bonds is 5. The second-order valence-electron chi connectivity index (χ2n) is 3.49. The molecule has 1 aromatic carbocycles. The van der Waals surface area contributed by atoms with E-state index in [1.165, 1.54) is 6.92 Å². The molecule has 0 radical (unpaired) electrons. The van der Waals surface area contributed by atoms with Crippen LogP contribution < -0.4 is 4.74 Å². The van der Waals surface area contributed by atoms with Gasteiger partial charge in [0, 0.05) is 6.08 Å². The van der Waals surface area contributed by atoms with Gasteiger partial charge in [0.1, 0.15) is 22.6 Å². The monoisotopic (exact) mass is 280 g/mol. The maximum atomic E-state index is 11.7. The average Bonchev–Trinajstić information content (AvgIpc) is 2.38. The molecule has 1 aromatic rings. The third kappa shape index (κ3) is 3.14. The van der Waals surface area contributed by atoms with Gasteiger partial charge in [-0.1, -0.05) is 6.58 Å². The molecule has 0 aliphatic heterocycles. The molecule has 0 saturated carbocycles. The van der Waals surface area contributed by atoms with E-state index in [0.717, 1.165) is 18.2 Å². The number of aromatic hydroxyl groups is 1. The average molecular weight is 280 g/mol. The molecule has 0 aliphatic rings. The van der Waals surface area contributed by atoms with Crippen molar-refractivity contribution >= 4 is 17.9 Å². The Labute approximate surface area is 114 Å². The molecule has 0 heterocycles. The normalized spacial score (nSPS) is 9.65. The lowest BCUT2D eigenvalue weighted by molar-refractivity contribution is -0.128. The van der Waals surface area contributed by atoms with Gasteiger partial charge in [0.25, 0.3) is 0 Å². The first-order valence-electron chi connectivity index (χ1n) is 5.53. The van der Waals surface area contributed by atoms with Crippen LogP contribution >= 0.6 is 0 Å². The number of phenols is 1. The van der Waals surface area contributed by atoms with Crippen molar-refractivity contribution in [1.29, 1.82) is 0 Å². The lowest BCUT2D eigenvalue weighted by Crippen LogP contribution is -2.13. The predicted molar refractivity (Wildman–Crippen MR) is 66.9 cm³/mol. The molecular formula is C13H12O7. The van der Waals surface area contributed by atoms with Gasteiger partial charge < -0.3 is 19.7 Å². The van der Waals surface area contributed by atoms with Gasteiger partial charge in [-0.2, -0.15) is 0 Å². The Bertz CT molecular complexity index is 574. The summed E-state index contributed by atoms with van der Waals surface area (Å²) in [4.78, 5) is 33.8. The number of carboxylic acids is 1. The molecule has 0 fully saturated rings. The van der Waals surface area contributed by atoms with Crippen molar-refractivity contribution in [2.75, 3.05) is 6.61 Å². The number of hydrogen-bond acceptors (Lipinski definition) is 6. The van der Waals surface area contributed by atoms with Crippen LogP contribution in [0.5, 0.6) is 11.5 Å². The summed E-state index contributed by atoms with van der Waals surface area (Å²) in [5.41, 5.74) is -1.03. The molecule has 7 nitrogen and oxygen atoms in total. The van der Waals surface area contributed by atoms with E-state index in [9.17, 15) is 19.5 Å².